The lowest BCUT2D eigenvalue weighted by Crippen LogP contribution is -2.52. The van der Waals surface area contributed by atoms with E-state index in [1.807, 2.05) is 18.2 Å². The number of ether oxygens (including phenoxy) is 1. The molecular formula is C26H31N2O6P. The molecule has 0 fully saturated rings. The number of unbranched alkanes of at least 4 members (excludes halogenated alkanes) is 1. The molecule has 0 aliphatic carbocycles. The number of phosphoric ester groups is 1. The lowest BCUT2D eigenvalue weighted by Gasteiger charge is -2.23. The smallest absolute Gasteiger partial charge is 0.469 e. The van der Waals surface area contributed by atoms with Crippen LogP contribution in [0.2, 0.25) is 0 Å². The number of anilines is 1. The molecule has 35 heavy (non-hydrogen) atoms. The minimum Gasteiger partial charge on any atom is -0.494 e. The Labute approximate surface area is 205 Å². The third-order valence-electron chi connectivity index (χ3n) is 5.35. The molecule has 0 bridgehead atoms. The average molecular weight is 499 g/mol. The van der Waals surface area contributed by atoms with Gasteiger partial charge in [0.15, 0.2) is 0 Å². The van der Waals surface area contributed by atoms with Gasteiger partial charge in [-0.3, -0.25) is 9.32 Å². The van der Waals surface area contributed by atoms with Crippen molar-refractivity contribution in [3.8, 4) is 16.9 Å². The molecule has 1 unspecified atom stereocenters. The van der Waals surface area contributed by atoms with Gasteiger partial charge in [-0.05, 0) is 67.1 Å². The van der Waals surface area contributed by atoms with Crippen molar-refractivity contribution in [2.45, 2.75) is 31.7 Å². The van der Waals surface area contributed by atoms with E-state index in [0.717, 1.165) is 19.3 Å². The number of hydrogen-bond donors (Lipinski definition) is 4. The summed E-state index contributed by atoms with van der Waals surface area (Å²) in [6.45, 7) is 1.28. The van der Waals surface area contributed by atoms with E-state index in [2.05, 4.69) is 46.2 Å². The molecule has 0 radical (unpaired) electrons. The van der Waals surface area contributed by atoms with Crippen LogP contribution >= 0.6 is 7.82 Å². The van der Waals surface area contributed by atoms with Crippen LogP contribution in [0.5, 0.6) is 5.75 Å². The molecule has 3 rings (SSSR count). The number of amides is 1. The first-order chi connectivity index (χ1) is 16.6. The molecule has 1 atom stereocenters. The summed E-state index contributed by atoms with van der Waals surface area (Å²) in [7, 11) is -4.71. The molecule has 5 N–H and O–H groups in total. The normalized spacial score (nSPS) is 13.1. The van der Waals surface area contributed by atoms with Crippen molar-refractivity contribution >= 4 is 19.4 Å². The number of nitrogens with two attached hydrogens (primary N) is 1. The van der Waals surface area contributed by atoms with Gasteiger partial charge in [-0.15, -0.1) is 0 Å². The minimum absolute atomic E-state index is 0.481. The summed E-state index contributed by atoms with van der Waals surface area (Å²) in [6, 6.07) is 25.7. The van der Waals surface area contributed by atoms with E-state index in [9.17, 15) is 9.36 Å². The number of benzene rings is 3. The Hall–Kier alpha value is -3.00. The minimum atomic E-state index is -4.71. The molecule has 3 aromatic carbocycles. The van der Waals surface area contributed by atoms with E-state index in [4.69, 9.17) is 20.3 Å². The second kappa shape index (κ2) is 12.1. The number of rotatable bonds is 12. The van der Waals surface area contributed by atoms with E-state index in [1.54, 1.807) is 24.3 Å². The Bertz CT molecular complexity index is 1130. The Morgan fingerprint density at radius 3 is 2.20 bits per heavy atom. The molecule has 0 saturated carbocycles. The van der Waals surface area contributed by atoms with Crippen molar-refractivity contribution in [2.24, 2.45) is 5.73 Å². The Kier molecular flexibility index (Phi) is 9.20. The van der Waals surface area contributed by atoms with Crippen molar-refractivity contribution in [2.75, 3.05) is 18.5 Å². The average Bonchev–Trinajstić information content (AvgIpc) is 2.84. The molecule has 0 aliphatic rings. The molecule has 3 aromatic rings. The fourth-order valence-electron chi connectivity index (χ4n) is 3.31. The number of phosphoric acid groups is 1. The van der Waals surface area contributed by atoms with Crippen LogP contribution in [0.1, 0.15) is 25.3 Å². The summed E-state index contributed by atoms with van der Waals surface area (Å²) in [5.41, 5.74) is 8.40. The van der Waals surface area contributed by atoms with Gasteiger partial charge < -0.3 is 25.6 Å². The first-order valence-corrected chi connectivity index (χ1v) is 12.8. The molecule has 0 aliphatic heterocycles. The Balaban J connectivity index is 1.37. The third kappa shape index (κ3) is 8.94. The van der Waals surface area contributed by atoms with Crippen LogP contribution in [0.4, 0.5) is 5.69 Å². The van der Waals surface area contributed by atoms with Crippen molar-refractivity contribution in [1.29, 1.82) is 0 Å². The Morgan fingerprint density at radius 2 is 1.57 bits per heavy atom. The molecule has 0 spiro atoms. The monoisotopic (exact) mass is 498 g/mol. The molecule has 0 aromatic heterocycles. The van der Waals surface area contributed by atoms with Gasteiger partial charge in [0, 0.05) is 5.69 Å². The van der Waals surface area contributed by atoms with E-state index in [0.29, 0.717) is 18.0 Å². The van der Waals surface area contributed by atoms with Crippen molar-refractivity contribution in [1.82, 2.24) is 0 Å². The zero-order valence-electron chi connectivity index (χ0n) is 19.6. The van der Waals surface area contributed by atoms with Crippen molar-refractivity contribution in [3.63, 3.8) is 0 Å². The predicted molar refractivity (Wildman–Crippen MR) is 136 cm³/mol. The highest BCUT2D eigenvalue weighted by atomic mass is 31.2. The lowest BCUT2D eigenvalue weighted by atomic mass is 10.0. The standard InChI is InChI=1S/C26H31N2O6P/c1-26(27,19-34-35(30,31)32)25(29)28-23-14-16-24(17-15-23)33-18-6-5-7-20-10-12-22(13-11-20)21-8-3-2-4-9-21/h2-4,8-17H,5-7,18-19,27H2,1H3,(H,28,29)(H2,30,31,32). The molecule has 0 saturated heterocycles. The highest BCUT2D eigenvalue weighted by Crippen LogP contribution is 2.36. The first-order valence-electron chi connectivity index (χ1n) is 11.3. The van der Waals surface area contributed by atoms with E-state index in [1.165, 1.54) is 23.6 Å². The van der Waals surface area contributed by atoms with Gasteiger partial charge in [0.1, 0.15) is 11.3 Å². The third-order valence-corrected chi connectivity index (χ3v) is 5.82. The quantitative estimate of drug-likeness (QED) is 0.213. The topological polar surface area (TPSA) is 131 Å². The van der Waals surface area contributed by atoms with Crippen molar-refractivity contribution < 1.29 is 28.4 Å². The largest absolute Gasteiger partial charge is 0.494 e. The van der Waals surface area contributed by atoms with Gasteiger partial charge in [0.05, 0.1) is 13.2 Å². The first kappa shape index (κ1) is 26.6. The van der Waals surface area contributed by atoms with Crippen molar-refractivity contribution in [3.05, 3.63) is 84.4 Å². The van der Waals surface area contributed by atoms with Gasteiger partial charge in [-0.25, -0.2) is 4.57 Å². The highest BCUT2D eigenvalue weighted by molar-refractivity contribution is 7.46. The Morgan fingerprint density at radius 1 is 0.943 bits per heavy atom. The van der Waals surface area contributed by atoms with Gasteiger partial charge in [-0.2, -0.15) is 0 Å². The maximum absolute atomic E-state index is 12.3. The number of nitrogens with one attached hydrogen (secondary N) is 1. The van der Waals surface area contributed by atoms with E-state index in [-0.39, 0.29) is 0 Å². The summed E-state index contributed by atoms with van der Waals surface area (Å²) in [5.74, 6) is 0.0481. The molecule has 0 heterocycles. The summed E-state index contributed by atoms with van der Waals surface area (Å²) in [5, 5.41) is 2.60. The fraction of sp³-hybridized carbons (Fsp3) is 0.269. The van der Waals surface area contributed by atoms with Crippen LogP contribution in [0.15, 0.2) is 78.9 Å². The molecular weight excluding hydrogens is 467 g/mol. The fourth-order valence-corrected chi connectivity index (χ4v) is 3.74. The summed E-state index contributed by atoms with van der Waals surface area (Å²) in [4.78, 5) is 29.9. The summed E-state index contributed by atoms with van der Waals surface area (Å²) >= 11 is 0. The van der Waals surface area contributed by atoms with Gasteiger partial charge in [0.25, 0.3) is 0 Å². The van der Waals surface area contributed by atoms with Crippen LogP contribution in [0.3, 0.4) is 0 Å². The lowest BCUT2D eigenvalue weighted by molar-refractivity contribution is -0.121. The van der Waals surface area contributed by atoms with Crippen LogP contribution in [-0.4, -0.2) is 34.4 Å². The molecule has 8 nitrogen and oxygen atoms in total. The summed E-state index contributed by atoms with van der Waals surface area (Å²) in [6.07, 6.45) is 2.89. The van der Waals surface area contributed by atoms with E-state index >= 15 is 0 Å². The maximum Gasteiger partial charge on any atom is 0.469 e. The van der Waals surface area contributed by atoms with Gasteiger partial charge >= 0.3 is 7.82 Å². The maximum atomic E-state index is 12.3. The van der Waals surface area contributed by atoms with Gasteiger partial charge in [-0.1, -0.05) is 54.6 Å². The number of carbonyl (C=O) groups is 1. The predicted octanol–water partition coefficient (Wildman–Crippen LogP) is 4.52. The SMILES string of the molecule is CC(N)(COP(=O)(O)O)C(=O)Nc1ccc(OCCCCc2ccc(-c3ccccc3)cc2)cc1. The number of aryl methyl sites for hydroxylation is 1. The number of hydrogen-bond acceptors (Lipinski definition) is 5. The van der Waals surface area contributed by atoms with Crippen LogP contribution in [-0.2, 0) is 20.3 Å². The van der Waals surface area contributed by atoms with Crippen LogP contribution < -0.4 is 15.8 Å². The molecule has 1 amide bonds. The van der Waals surface area contributed by atoms with E-state index < -0.39 is 25.9 Å². The second-order valence-corrected chi connectivity index (χ2v) is 9.77. The van der Waals surface area contributed by atoms with Crippen LogP contribution in [0, 0.1) is 0 Å². The molecule has 186 valence electrons. The zero-order valence-corrected chi connectivity index (χ0v) is 20.5. The zero-order chi connectivity index (χ0) is 25.3. The van der Waals surface area contributed by atoms with Gasteiger partial charge in [0.2, 0.25) is 5.91 Å². The second-order valence-electron chi connectivity index (χ2n) is 8.53. The molecule has 9 heteroatoms. The summed E-state index contributed by atoms with van der Waals surface area (Å²) < 4.78 is 21.0. The van der Waals surface area contributed by atoms with Crippen LogP contribution in [0.25, 0.3) is 11.1 Å². The number of carbonyl (C=O) groups excluding carboxylic acids is 1. The highest BCUT2D eigenvalue weighted by Gasteiger charge is 2.32.